The van der Waals surface area contributed by atoms with Gasteiger partial charge in [0.05, 0.1) is 0 Å². The number of rotatable bonds is 14. The van der Waals surface area contributed by atoms with Crippen molar-refractivity contribution in [1.82, 2.24) is 15.5 Å². The lowest BCUT2D eigenvalue weighted by atomic mass is 10.0. The van der Waals surface area contributed by atoms with Crippen molar-refractivity contribution in [2.24, 2.45) is 5.92 Å². The number of carbonyl (C=O) groups excluding carboxylic acids is 5. The second-order valence-corrected chi connectivity index (χ2v) is 9.66. The third kappa shape index (κ3) is 12.2. The lowest BCUT2D eigenvalue weighted by molar-refractivity contribution is -0.253. The van der Waals surface area contributed by atoms with Crippen LogP contribution in [0, 0.1) is 5.92 Å². The number of benzene rings is 1. The summed E-state index contributed by atoms with van der Waals surface area (Å²) < 4.78 is 0. The van der Waals surface area contributed by atoms with Gasteiger partial charge in [-0.2, -0.15) is 0 Å². The maximum Gasteiger partial charge on any atom is 0.253 e. The average molecular weight is 553 g/mol. The summed E-state index contributed by atoms with van der Waals surface area (Å²) in [5.74, 6) is -2.02. The molecule has 2 atom stereocenters. The van der Waals surface area contributed by atoms with Crippen LogP contribution in [0.4, 0.5) is 5.69 Å². The van der Waals surface area contributed by atoms with Gasteiger partial charge in [0.15, 0.2) is 0 Å². The summed E-state index contributed by atoms with van der Waals surface area (Å²) in [5.41, 5.74) is 1.24. The maximum atomic E-state index is 12.8. The predicted molar refractivity (Wildman–Crippen MR) is 153 cm³/mol. The number of unbranched alkanes of at least 4 members (excludes halogenated alkanes) is 2. The van der Waals surface area contributed by atoms with Crippen LogP contribution in [0.25, 0.3) is 0 Å². The molecule has 11 nitrogen and oxygen atoms in total. The minimum atomic E-state index is -0.846. The zero-order valence-corrected chi connectivity index (χ0v) is 23.5. The highest BCUT2D eigenvalue weighted by Gasteiger charge is 2.27. The first-order chi connectivity index (χ1) is 18.5. The first-order valence-corrected chi connectivity index (χ1v) is 13.3. The van der Waals surface area contributed by atoms with Crippen molar-refractivity contribution >= 4 is 35.2 Å². The van der Waals surface area contributed by atoms with Gasteiger partial charge in [0.25, 0.3) is 11.8 Å². The molecule has 0 unspecified atom stereocenters. The number of nitrogens with one attached hydrogen (secondary N) is 3. The highest BCUT2D eigenvalue weighted by atomic mass is 17.1. The SMILES string of the molecule is CC(C)[C@@H](NC(=O)CCCCCN1C(=O)C=CC1=O)C(=O)N[C@H](C)C(=O)Nc1ccc(COO)cc1.CCC.[HH].[HH].[HH]. The van der Waals surface area contributed by atoms with E-state index in [-0.39, 0.29) is 40.9 Å². The van der Waals surface area contributed by atoms with Crippen molar-refractivity contribution in [3.05, 3.63) is 42.0 Å². The Bertz CT molecular complexity index is 990. The van der Waals surface area contributed by atoms with Crippen molar-refractivity contribution in [3.63, 3.8) is 0 Å². The van der Waals surface area contributed by atoms with Crippen LogP contribution in [0.15, 0.2) is 36.4 Å². The number of nitrogens with zero attached hydrogens (tertiary/aromatic N) is 1. The summed E-state index contributed by atoms with van der Waals surface area (Å²) in [7, 11) is 0. The second-order valence-electron chi connectivity index (χ2n) is 9.66. The van der Waals surface area contributed by atoms with Gasteiger partial charge >= 0.3 is 0 Å². The van der Waals surface area contributed by atoms with Crippen LogP contribution in [0.1, 0.15) is 76.6 Å². The molecular formula is C28H48N4O7. The molecule has 1 heterocycles. The van der Waals surface area contributed by atoms with Crippen molar-refractivity contribution in [2.75, 3.05) is 11.9 Å². The van der Waals surface area contributed by atoms with Gasteiger partial charge in [-0.25, -0.2) is 4.89 Å². The Morgan fingerprint density at radius 1 is 0.923 bits per heavy atom. The van der Waals surface area contributed by atoms with Crippen LogP contribution in [0.3, 0.4) is 0 Å². The molecule has 2 rings (SSSR count). The molecule has 0 spiro atoms. The standard InChI is InChI=1S/C25H34N4O7.C3H8.3H2/c1-16(2)23(28-20(30)7-5-4-6-14-29-21(31)12-13-22(29)32)25(34)26-17(3)24(33)27-19-10-8-18(9-11-19)15-36-35;1-3-2;;;/h8-13,16-17,23,35H,4-7,14-15H2,1-3H3,(H,26,34)(H,27,33)(H,28,30);3H2,1-2H3;3*1H/t17-,23-;;;;/m1..../s1. The minimum absolute atomic E-state index is 0. The molecule has 11 heteroatoms. The number of hydrogen-bond donors (Lipinski definition) is 4. The van der Waals surface area contributed by atoms with Crippen molar-refractivity contribution in [2.45, 2.75) is 85.4 Å². The molecule has 0 saturated carbocycles. The monoisotopic (exact) mass is 552 g/mol. The van der Waals surface area contributed by atoms with Gasteiger partial charge in [0, 0.05) is 35.1 Å². The quantitative estimate of drug-likeness (QED) is 0.118. The number of imide groups is 1. The highest BCUT2D eigenvalue weighted by Crippen LogP contribution is 2.12. The summed E-state index contributed by atoms with van der Waals surface area (Å²) in [4.78, 5) is 65.9. The molecular weight excluding hydrogens is 504 g/mol. The topological polar surface area (TPSA) is 154 Å². The number of amides is 5. The molecule has 0 aromatic heterocycles. The summed E-state index contributed by atoms with van der Waals surface area (Å²) in [6.07, 6.45) is 5.71. The Labute approximate surface area is 234 Å². The van der Waals surface area contributed by atoms with E-state index in [1.54, 1.807) is 45.0 Å². The molecule has 222 valence electrons. The van der Waals surface area contributed by atoms with Crippen molar-refractivity contribution in [3.8, 4) is 0 Å². The van der Waals surface area contributed by atoms with E-state index < -0.39 is 23.9 Å². The van der Waals surface area contributed by atoms with E-state index in [0.717, 1.165) is 10.5 Å². The number of hydrogen-bond acceptors (Lipinski definition) is 7. The molecule has 0 saturated heterocycles. The molecule has 1 aromatic rings. The molecule has 1 aliphatic rings. The Kier molecular flexibility index (Phi) is 15.3. The van der Waals surface area contributed by atoms with E-state index in [0.29, 0.717) is 31.5 Å². The van der Waals surface area contributed by atoms with Crippen LogP contribution < -0.4 is 16.0 Å². The van der Waals surface area contributed by atoms with Gasteiger partial charge in [0.1, 0.15) is 18.7 Å². The Balaban J connectivity index is -0.00000242. The largest absolute Gasteiger partial charge is 0.344 e. The maximum absolute atomic E-state index is 12.8. The van der Waals surface area contributed by atoms with E-state index in [4.69, 9.17) is 5.26 Å². The summed E-state index contributed by atoms with van der Waals surface area (Å²) >= 11 is 0. The summed E-state index contributed by atoms with van der Waals surface area (Å²) in [6, 6.07) is 5.01. The van der Waals surface area contributed by atoms with E-state index >= 15 is 0 Å². The molecule has 1 aliphatic heterocycles. The van der Waals surface area contributed by atoms with Crippen LogP contribution in [-0.4, -0.2) is 58.3 Å². The average Bonchev–Trinajstić information content (AvgIpc) is 3.20. The Morgan fingerprint density at radius 2 is 1.51 bits per heavy atom. The molecule has 0 bridgehead atoms. The van der Waals surface area contributed by atoms with Crippen molar-refractivity contribution < 1.29 is 38.4 Å². The molecule has 0 aliphatic carbocycles. The van der Waals surface area contributed by atoms with Gasteiger partial charge in [-0.05, 0) is 43.4 Å². The second kappa shape index (κ2) is 17.8. The van der Waals surface area contributed by atoms with E-state index in [1.807, 2.05) is 0 Å². The fourth-order valence-corrected chi connectivity index (χ4v) is 3.54. The van der Waals surface area contributed by atoms with Crippen LogP contribution >= 0.6 is 0 Å². The van der Waals surface area contributed by atoms with Crippen LogP contribution in [-0.2, 0) is 35.5 Å². The predicted octanol–water partition coefficient (Wildman–Crippen LogP) is 3.90. The summed E-state index contributed by atoms with van der Waals surface area (Å²) in [5, 5.41) is 16.6. The molecule has 0 radical (unpaired) electrons. The van der Waals surface area contributed by atoms with E-state index in [9.17, 15) is 24.0 Å². The fourth-order valence-electron chi connectivity index (χ4n) is 3.54. The third-order valence-corrected chi connectivity index (χ3v) is 5.66. The zero-order chi connectivity index (χ0) is 29.4. The Hall–Kier alpha value is -3.57. The molecule has 4 N–H and O–H groups in total. The van der Waals surface area contributed by atoms with Gasteiger partial charge in [0.2, 0.25) is 17.7 Å². The number of carbonyl (C=O) groups is 5. The van der Waals surface area contributed by atoms with Crippen molar-refractivity contribution in [1.29, 1.82) is 0 Å². The van der Waals surface area contributed by atoms with Gasteiger partial charge in [-0.1, -0.05) is 52.7 Å². The lowest BCUT2D eigenvalue weighted by Gasteiger charge is -2.24. The minimum Gasteiger partial charge on any atom is -0.344 e. The molecule has 39 heavy (non-hydrogen) atoms. The van der Waals surface area contributed by atoms with Gasteiger partial charge in [-0.15, -0.1) is 0 Å². The zero-order valence-electron chi connectivity index (χ0n) is 23.5. The van der Waals surface area contributed by atoms with E-state index in [1.165, 1.54) is 18.6 Å². The molecule has 5 amide bonds. The van der Waals surface area contributed by atoms with Crippen LogP contribution in [0.5, 0.6) is 0 Å². The molecule has 1 aromatic carbocycles. The fraction of sp³-hybridized carbons (Fsp3) is 0.536. The normalized spacial score (nSPS) is 14.0. The number of anilines is 1. The first kappa shape index (κ1) is 33.5. The summed E-state index contributed by atoms with van der Waals surface area (Å²) in [6.45, 7) is 9.73. The van der Waals surface area contributed by atoms with Crippen LogP contribution in [0.2, 0.25) is 0 Å². The Morgan fingerprint density at radius 3 is 2.05 bits per heavy atom. The third-order valence-electron chi connectivity index (χ3n) is 5.66. The first-order valence-electron chi connectivity index (χ1n) is 13.3. The molecule has 0 fully saturated rings. The smallest absolute Gasteiger partial charge is 0.253 e. The highest BCUT2D eigenvalue weighted by molar-refractivity contribution is 6.12. The van der Waals surface area contributed by atoms with E-state index in [2.05, 4.69) is 34.7 Å². The lowest BCUT2D eigenvalue weighted by Crippen LogP contribution is -2.53. The van der Waals surface area contributed by atoms with Gasteiger partial charge in [-0.3, -0.25) is 34.1 Å². The van der Waals surface area contributed by atoms with Gasteiger partial charge < -0.3 is 16.0 Å².